The summed E-state index contributed by atoms with van der Waals surface area (Å²) in [5.41, 5.74) is 6.07. The van der Waals surface area contributed by atoms with Crippen molar-refractivity contribution in [3.63, 3.8) is 0 Å². The molecule has 0 bridgehead atoms. The summed E-state index contributed by atoms with van der Waals surface area (Å²) in [5.74, 6) is -4.53. The minimum Gasteiger partial charge on any atom is -0.451 e. The van der Waals surface area contributed by atoms with Gasteiger partial charge < -0.3 is 15.4 Å². The summed E-state index contributed by atoms with van der Waals surface area (Å²) in [6.07, 6.45) is 0. The Balaban J connectivity index is 1.61. The molecule has 0 aliphatic carbocycles. The van der Waals surface area contributed by atoms with Gasteiger partial charge in [-0.3, -0.25) is 4.79 Å². The molecule has 2 N–H and O–H groups in total. The minimum atomic E-state index is -4.74. The Hall–Kier alpha value is -3.82. The molecule has 0 radical (unpaired) electrons. The Kier molecular flexibility index (Phi) is 9.80. The van der Waals surface area contributed by atoms with E-state index in [-0.39, 0.29) is 10.6 Å². The summed E-state index contributed by atoms with van der Waals surface area (Å²) in [6.45, 7) is -1.84. The Morgan fingerprint density at radius 1 is 0.841 bits per heavy atom. The molecule has 4 aromatic rings. The first-order valence-electron chi connectivity index (χ1n) is 13.0. The van der Waals surface area contributed by atoms with Crippen LogP contribution in [0, 0.1) is 11.6 Å². The number of halogens is 3. The third-order valence-electron chi connectivity index (χ3n) is 6.67. The molecule has 0 saturated carbocycles. The molecule has 0 atom stereocenters. The Labute approximate surface area is 259 Å². The van der Waals surface area contributed by atoms with Crippen LogP contribution in [0.3, 0.4) is 0 Å². The zero-order valence-corrected chi connectivity index (χ0v) is 26.3. The van der Waals surface area contributed by atoms with Gasteiger partial charge in [0.05, 0.1) is 16.3 Å². The van der Waals surface area contributed by atoms with E-state index >= 15 is 0 Å². The number of benzene rings is 4. The first-order valence-corrected chi connectivity index (χ1v) is 16.2. The van der Waals surface area contributed by atoms with E-state index in [0.717, 1.165) is 9.99 Å². The fourth-order valence-electron chi connectivity index (χ4n) is 4.43. The van der Waals surface area contributed by atoms with Crippen molar-refractivity contribution in [2.75, 3.05) is 45.7 Å². The van der Waals surface area contributed by atoms with E-state index in [2.05, 4.69) is 0 Å². The Morgan fingerprint density at radius 3 is 2.02 bits per heavy atom. The monoisotopic (exact) mass is 666 g/mol. The molecule has 1 amide bonds. The van der Waals surface area contributed by atoms with Gasteiger partial charge in [0, 0.05) is 55.7 Å². The number of hydrogen-bond acceptors (Lipinski definition) is 7. The maximum absolute atomic E-state index is 14.9. The van der Waals surface area contributed by atoms with Crippen molar-refractivity contribution in [1.29, 1.82) is 0 Å². The lowest BCUT2D eigenvalue weighted by Gasteiger charge is -2.25. The lowest BCUT2D eigenvalue weighted by Crippen LogP contribution is -2.43. The van der Waals surface area contributed by atoms with Crippen LogP contribution in [0.1, 0.15) is 0 Å². The second-order valence-corrected chi connectivity index (χ2v) is 14.3. The number of rotatable bonds is 12. The molecule has 0 spiro atoms. The molecule has 234 valence electrons. The van der Waals surface area contributed by atoms with E-state index in [9.17, 15) is 30.4 Å². The van der Waals surface area contributed by atoms with Gasteiger partial charge in [-0.05, 0) is 48.5 Å². The number of amides is 1. The summed E-state index contributed by atoms with van der Waals surface area (Å²) in [7, 11) is -4.00. The highest BCUT2D eigenvalue weighted by Crippen LogP contribution is 2.33. The maximum Gasteiger partial charge on any atom is 0.243 e. The number of likely N-dealkylation sites (N-methyl/N-ethyl adjacent to an activating group) is 1. The summed E-state index contributed by atoms with van der Waals surface area (Å²) in [5, 5.41) is 1.51. The number of carbonyl (C=O) groups is 1. The number of nitrogens with two attached hydrogens (primary N) is 1. The predicted octanol–water partition coefficient (Wildman–Crippen LogP) is 4.43. The number of hydrogen-bond donors (Lipinski definition) is 1. The number of anilines is 1. The van der Waals surface area contributed by atoms with Crippen molar-refractivity contribution in [2.24, 2.45) is 5.73 Å². The first-order chi connectivity index (χ1) is 20.6. The lowest BCUT2D eigenvalue weighted by molar-refractivity contribution is -0.118. The van der Waals surface area contributed by atoms with Crippen molar-refractivity contribution in [1.82, 2.24) is 8.61 Å². The minimum absolute atomic E-state index is 0.00840. The summed E-state index contributed by atoms with van der Waals surface area (Å²) in [4.78, 5) is 12.8. The van der Waals surface area contributed by atoms with Gasteiger partial charge in [-0.15, -0.1) is 0 Å². The Bertz CT molecular complexity index is 1900. The highest BCUT2D eigenvalue weighted by atomic mass is 35.5. The van der Waals surface area contributed by atoms with Crippen LogP contribution in [0.4, 0.5) is 14.5 Å². The molecule has 0 aromatic heterocycles. The van der Waals surface area contributed by atoms with Crippen LogP contribution in [0.15, 0.2) is 82.6 Å². The molecule has 0 unspecified atom stereocenters. The highest BCUT2D eigenvalue weighted by Gasteiger charge is 2.31. The number of sulfonamides is 2. The van der Waals surface area contributed by atoms with Crippen LogP contribution in [-0.4, -0.2) is 72.1 Å². The topological polar surface area (TPSA) is 130 Å². The van der Waals surface area contributed by atoms with Crippen LogP contribution in [0.25, 0.3) is 10.8 Å². The number of ether oxygens (including phenoxy) is 1. The van der Waals surface area contributed by atoms with Gasteiger partial charge in [0.15, 0.2) is 17.4 Å². The van der Waals surface area contributed by atoms with Crippen molar-refractivity contribution < 1.29 is 35.1 Å². The van der Waals surface area contributed by atoms with Crippen LogP contribution < -0.4 is 15.4 Å². The zero-order chi connectivity index (χ0) is 32.4. The standard InChI is InChI=1S/C29H29ClF2N4O6S2/c1-34(2)26-8-4-7-23-22(26)6-5-9-27(23)44(40,41)35(3)14-15-36(18-28(33)37)43(38,39)21-16-24(31)29(25(32)17-21)42-20-12-10-19(30)11-13-20/h4-13,16-17H,14-15,18H2,1-3H3,(H2,33,37). The molecule has 0 aliphatic heterocycles. The number of fused-ring (bicyclic) bond motifs is 1. The summed E-state index contributed by atoms with van der Waals surface area (Å²) >= 11 is 5.81. The summed E-state index contributed by atoms with van der Waals surface area (Å²) in [6, 6.07) is 16.7. The highest BCUT2D eigenvalue weighted by molar-refractivity contribution is 7.89. The molecule has 0 saturated heterocycles. The molecular weight excluding hydrogens is 638 g/mol. The Morgan fingerprint density at radius 2 is 1.43 bits per heavy atom. The van der Waals surface area contributed by atoms with Gasteiger partial charge in [-0.25, -0.2) is 25.6 Å². The lowest BCUT2D eigenvalue weighted by atomic mass is 10.1. The van der Waals surface area contributed by atoms with Gasteiger partial charge in [0.25, 0.3) is 0 Å². The molecule has 4 rings (SSSR count). The van der Waals surface area contributed by atoms with Crippen molar-refractivity contribution in [3.05, 3.63) is 89.5 Å². The van der Waals surface area contributed by atoms with Crippen molar-refractivity contribution >= 4 is 54.0 Å². The second-order valence-electron chi connectivity index (χ2n) is 9.93. The van der Waals surface area contributed by atoms with E-state index in [1.165, 1.54) is 37.4 Å². The third kappa shape index (κ3) is 6.94. The number of nitrogens with zero attached hydrogens (tertiary/aromatic N) is 3. The zero-order valence-electron chi connectivity index (χ0n) is 23.9. The summed E-state index contributed by atoms with van der Waals surface area (Å²) < 4.78 is 90.7. The van der Waals surface area contributed by atoms with Crippen LogP contribution in [0.5, 0.6) is 11.5 Å². The van der Waals surface area contributed by atoms with E-state index in [1.807, 2.05) is 25.1 Å². The average molecular weight is 667 g/mol. The van der Waals surface area contributed by atoms with Gasteiger partial charge in [-0.2, -0.15) is 8.61 Å². The van der Waals surface area contributed by atoms with Gasteiger partial charge >= 0.3 is 0 Å². The fourth-order valence-corrected chi connectivity index (χ4v) is 7.34. The van der Waals surface area contributed by atoms with Gasteiger partial charge in [-0.1, -0.05) is 35.9 Å². The molecule has 0 aliphatic rings. The fraction of sp³-hybridized carbons (Fsp3) is 0.207. The quantitative estimate of drug-likeness (QED) is 0.237. The van der Waals surface area contributed by atoms with E-state index in [1.54, 1.807) is 24.3 Å². The third-order valence-corrected chi connectivity index (χ3v) is 10.7. The van der Waals surface area contributed by atoms with Crippen molar-refractivity contribution in [3.8, 4) is 11.5 Å². The average Bonchev–Trinajstić information content (AvgIpc) is 2.96. The van der Waals surface area contributed by atoms with Crippen LogP contribution in [0.2, 0.25) is 5.02 Å². The molecule has 44 heavy (non-hydrogen) atoms. The molecular formula is C29H29ClF2N4O6S2. The van der Waals surface area contributed by atoms with Gasteiger partial charge in [0.2, 0.25) is 26.0 Å². The predicted molar refractivity (Wildman–Crippen MR) is 164 cm³/mol. The first kappa shape index (κ1) is 33.1. The largest absolute Gasteiger partial charge is 0.451 e. The van der Waals surface area contributed by atoms with Crippen LogP contribution in [-0.2, 0) is 24.8 Å². The SMILES string of the molecule is CN(C)c1cccc2c(S(=O)(=O)N(C)CCN(CC(N)=O)S(=O)(=O)c3cc(F)c(Oc4ccc(Cl)cc4)c(F)c3)cccc12. The van der Waals surface area contributed by atoms with E-state index < -0.39 is 67.9 Å². The molecule has 0 heterocycles. The van der Waals surface area contributed by atoms with Crippen molar-refractivity contribution in [2.45, 2.75) is 9.79 Å². The molecule has 4 aromatic carbocycles. The maximum atomic E-state index is 14.9. The van der Waals surface area contributed by atoms with E-state index in [0.29, 0.717) is 32.2 Å². The van der Waals surface area contributed by atoms with Gasteiger partial charge in [0.1, 0.15) is 5.75 Å². The normalized spacial score (nSPS) is 12.2. The molecule has 15 heteroatoms. The van der Waals surface area contributed by atoms with Crippen LogP contribution >= 0.6 is 11.6 Å². The molecule has 10 nitrogen and oxygen atoms in total. The van der Waals surface area contributed by atoms with E-state index in [4.69, 9.17) is 22.1 Å². The smallest absolute Gasteiger partial charge is 0.243 e. The molecule has 0 fully saturated rings. The number of carbonyl (C=O) groups excluding carboxylic acids is 1. The second kappa shape index (κ2) is 13.0. The number of primary amides is 1.